The molecule has 0 unspecified atom stereocenters. The third-order valence-electron chi connectivity index (χ3n) is 3.99. The van der Waals surface area contributed by atoms with Gasteiger partial charge in [0.15, 0.2) is 0 Å². The van der Waals surface area contributed by atoms with Crippen LogP contribution in [0.1, 0.15) is 44.2 Å². The lowest BCUT2D eigenvalue weighted by atomic mass is 9.94. The minimum atomic E-state index is -0.775. The summed E-state index contributed by atoms with van der Waals surface area (Å²) in [5.41, 5.74) is -0.402. The first-order valence-corrected chi connectivity index (χ1v) is 7.07. The zero-order valence-corrected chi connectivity index (χ0v) is 12.1. The first-order chi connectivity index (χ1) is 9.43. The highest BCUT2D eigenvalue weighted by Gasteiger charge is 2.30. The number of hydrogen-bond donors (Lipinski definition) is 2. The van der Waals surface area contributed by atoms with E-state index in [9.17, 15) is 15.2 Å². The smallest absolute Gasteiger partial charge is 0.333 e. The molecule has 1 saturated carbocycles. The predicted octanol–water partition coefficient (Wildman–Crippen LogP) is 2.13. The Kier molecular flexibility index (Phi) is 4.27. The fourth-order valence-electron chi connectivity index (χ4n) is 2.88. The minimum absolute atomic E-state index is 0.00952. The van der Waals surface area contributed by atoms with Crippen molar-refractivity contribution in [2.75, 3.05) is 11.9 Å². The Morgan fingerprint density at radius 3 is 2.55 bits per heavy atom. The Morgan fingerprint density at radius 2 is 2.00 bits per heavy atom. The van der Waals surface area contributed by atoms with Gasteiger partial charge in [0.25, 0.3) is 0 Å². The van der Waals surface area contributed by atoms with Crippen molar-refractivity contribution in [3.8, 4) is 0 Å². The van der Waals surface area contributed by atoms with E-state index < -0.39 is 10.5 Å². The summed E-state index contributed by atoms with van der Waals surface area (Å²) in [6, 6.07) is 0. The average molecular weight is 282 g/mol. The minimum Gasteiger partial charge on any atom is -0.388 e. The molecule has 0 aromatic carbocycles. The SMILES string of the molecule is Cc1nn(C)c(NCC2(O)CCCCCC2)c1[N+](=O)[O-]. The monoisotopic (exact) mass is 282 g/mol. The van der Waals surface area contributed by atoms with Gasteiger partial charge in [-0.3, -0.25) is 10.1 Å². The van der Waals surface area contributed by atoms with Crippen molar-refractivity contribution in [1.82, 2.24) is 9.78 Å². The Balaban J connectivity index is 2.12. The normalized spacial score (nSPS) is 18.6. The van der Waals surface area contributed by atoms with E-state index in [1.165, 1.54) is 4.68 Å². The molecule has 1 aromatic rings. The van der Waals surface area contributed by atoms with Crippen molar-refractivity contribution in [3.05, 3.63) is 15.8 Å². The standard InChI is InChI=1S/C13H22N4O3/c1-10-11(17(19)20)12(16(2)15-10)14-9-13(18)7-5-3-4-6-8-13/h14,18H,3-9H2,1-2H3. The van der Waals surface area contributed by atoms with Gasteiger partial charge in [0.1, 0.15) is 5.69 Å². The van der Waals surface area contributed by atoms with Crippen molar-refractivity contribution < 1.29 is 10.0 Å². The van der Waals surface area contributed by atoms with E-state index >= 15 is 0 Å². The number of anilines is 1. The van der Waals surface area contributed by atoms with Crippen LogP contribution in [0.5, 0.6) is 0 Å². The van der Waals surface area contributed by atoms with E-state index in [4.69, 9.17) is 0 Å². The van der Waals surface area contributed by atoms with Crippen LogP contribution in [-0.4, -0.2) is 32.0 Å². The summed E-state index contributed by atoms with van der Waals surface area (Å²) in [6.45, 7) is 1.94. The second-order valence-electron chi connectivity index (χ2n) is 5.66. The highest BCUT2D eigenvalue weighted by Crippen LogP contribution is 2.31. The molecule has 7 heteroatoms. The molecule has 1 aromatic heterocycles. The van der Waals surface area contributed by atoms with Gasteiger partial charge in [0, 0.05) is 13.6 Å². The number of aliphatic hydroxyl groups is 1. The van der Waals surface area contributed by atoms with Crippen LogP contribution in [0.2, 0.25) is 0 Å². The van der Waals surface area contributed by atoms with Crippen LogP contribution < -0.4 is 5.32 Å². The van der Waals surface area contributed by atoms with E-state index in [1.807, 2.05) is 0 Å². The van der Waals surface area contributed by atoms with Crippen molar-refractivity contribution in [3.63, 3.8) is 0 Å². The molecule has 0 spiro atoms. The van der Waals surface area contributed by atoms with Crippen LogP contribution in [0.25, 0.3) is 0 Å². The largest absolute Gasteiger partial charge is 0.388 e. The van der Waals surface area contributed by atoms with Gasteiger partial charge >= 0.3 is 5.69 Å². The van der Waals surface area contributed by atoms with E-state index in [0.29, 0.717) is 18.1 Å². The maximum Gasteiger partial charge on any atom is 0.333 e. The number of nitrogens with one attached hydrogen (secondary N) is 1. The molecule has 1 heterocycles. The second kappa shape index (κ2) is 5.78. The number of nitrogens with zero attached hydrogens (tertiary/aromatic N) is 3. The van der Waals surface area contributed by atoms with Gasteiger partial charge in [-0.25, -0.2) is 4.68 Å². The van der Waals surface area contributed by atoms with Gasteiger partial charge in [0.05, 0.1) is 10.5 Å². The maximum atomic E-state index is 11.1. The van der Waals surface area contributed by atoms with Crippen molar-refractivity contribution in [2.24, 2.45) is 7.05 Å². The first kappa shape index (κ1) is 14.8. The summed E-state index contributed by atoms with van der Waals surface area (Å²) >= 11 is 0. The molecule has 0 bridgehead atoms. The number of rotatable bonds is 4. The first-order valence-electron chi connectivity index (χ1n) is 7.07. The third-order valence-corrected chi connectivity index (χ3v) is 3.99. The van der Waals surface area contributed by atoms with Crippen LogP contribution >= 0.6 is 0 Å². The van der Waals surface area contributed by atoms with Crippen LogP contribution in [0, 0.1) is 17.0 Å². The Bertz CT molecular complexity index is 490. The van der Waals surface area contributed by atoms with Gasteiger partial charge in [-0.1, -0.05) is 25.7 Å². The summed E-state index contributed by atoms with van der Waals surface area (Å²) in [7, 11) is 1.67. The fraction of sp³-hybridized carbons (Fsp3) is 0.769. The van der Waals surface area contributed by atoms with Crippen LogP contribution in [0.15, 0.2) is 0 Å². The lowest BCUT2D eigenvalue weighted by molar-refractivity contribution is -0.384. The molecule has 2 rings (SSSR count). The molecule has 20 heavy (non-hydrogen) atoms. The highest BCUT2D eigenvalue weighted by molar-refractivity contribution is 5.59. The van der Waals surface area contributed by atoms with Gasteiger partial charge in [-0.05, 0) is 19.8 Å². The molecular weight excluding hydrogens is 260 g/mol. The molecule has 1 aliphatic rings. The summed E-state index contributed by atoms with van der Waals surface area (Å²) in [4.78, 5) is 10.7. The van der Waals surface area contributed by atoms with E-state index in [-0.39, 0.29) is 5.69 Å². The fourth-order valence-corrected chi connectivity index (χ4v) is 2.88. The molecular formula is C13H22N4O3. The Hall–Kier alpha value is -1.63. The lowest BCUT2D eigenvalue weighted by Crippen LogP contribution is -2.36. The Morgan fingerprint density at radius 1 is 1.40 bits per heavy atom. The zero-order valence-electron chi connectivity index (χ0n) is 12.1. The Labute approximate surface area is 118 Å². The van der Waals surface area contributed by atoms with E-state index in [0.717, 1.165) is 38.5 Å². The third kappa shape index (κ3) is 3.09. The quantitative estimate of drug-likeness (QED) is 0.501. The number of hydrogen-bond acceptors (Lipinski definition) is 5. The molecule has 112 valence electrons. The highest BCUT2D eigenvalue weighted by atomic mass is 16.6. The zero-order chi connectivity index (χ0) is 14.8. The van der Waals surface area contributed by atoms with Gasteiger partial charge < -0.3 is 10.4 Å². The van der Waals surface area contributed by atoms with Gasteiger partial charge in [-0.15, -0.1) is 0 Å². The van der Waals surface area contributed by atoms with Crippen molar-refractivity contribution in [2.45, 2.75) is 51.0 Å². The summed E-state index contributed by atoms with van der Waals surface area (Å²) in [6.07, 6.45) is 5.78. The number of nitro groups is 1. The molecule has 0 radical (unpaired) electrons. The molecule has 1 aliphatic carbocycles. The molecule has 0 aliphatic heterocycles. The average Bonchev–Trinajstić information content (AvgIpc) is 2.53. The summed E-state index contributed by atoms with van der Waals surface area (Å²) in [5, 5.41) is 28.8. The van der Waals surface area contributed by atoms with Crippen LogP contribution in [0.4, 0.5) is 11.5 Å². The molecule has 7 nitrogen and oxygen atoms in total. The topological polar surface area (TPSA) is 93.2 Å². The maximum absolute atomic E-state index is 11.1. The van der Waals surface area contributed by atoms with E-state index in [1.54, 1.807) is 14.0 Å². The molecule has 1 fully saturated rings. The molecule has 2 N–H and O–H groups in total. The lowest BCUT2D eigenvalue weighted by Gasteiger charge is -2.27. The summed E-state index contributed by atoms with van der Waals surface area (Å²) in [5.74, 6) is 0.366. The number of aryl methyl sites for hydroxylation is 2. The van der Waals surface area contributed by atoms with Crippen LogP contribution in [-0.2, 0) is 7.05 Å². The summed E-state index contributed by atoms with van der Waals surface area (Å²) < 4.78 is 1.47. The number of aromatic nitrogens is 2. The van der Waals surface area contributed by atoms with E-state index in [2.05, 4.69) is 10.4 Å². The van der Waals surface area contributed by atoms with Crippen LogP contribution in [0.3, 0.4) is 0 Å². The predicted molar refractivity (Wildman–Crippen MR) is 75.7 cm³/mol. The van der Waals surface area contributed by atoms with Gasteiger partial charge in [-0.2, -0.15) is 5.10 Å². The van der Waals surface area contributed by atoms with Crippen molar-refractivity contribution >= 4 is 11.5 Å². The molecule has 0 amide bonds. The van der Waals surface area contributed by atoms with Crippen molar-refractivity contribution in [1.29, 1.82) is 0 Å². The van der Waals surface area contributed by atoms with Gasteiger partial charge in [0.2, 0.25) is 5.82 Å². The molecule has 0 atom stereocenters. The second-order valence-corrected chi connectivity index (χ2v) is 5.66. The molecule has 0 saturated heterocycles.